The minimum absolute atomic E-state index is 0.000596. The summed E-state index contributed by atoms with van der Waals surface area (Å²) in [5.41, 5.74) is 4.67. The van der Waals surface area contributed by atoms with Gasteiger partial charge in [0.2, 0.25) is 11.8 Å². The Balaban J connectivity index is 1.02. The zero-order chi connectivity index (χ0) is 25.6. The molecule has 0 bridgehead atoms. The van der Waals surface area contributed by atoms with Crippen LogP contribution in [-0.2, 0) is 29.0 Å². The van der Waals surface area contributed by atoms with Crippen LogP contribution in [-0.4, -0.2) is 76.6 Å². The number of carbonyl (C=O) groups excluding carboxylic acids is 2. The number of hydrogen-bond acceptors (Lipinski definition) is 8. The van der Waals surface area contributed by atoms with Gasteiger partial charge in [0.15, 0.2) is 0 Å². The molecule has 9 nitrogen and oxygen atoms in total. The predicted molar refractivity (Wildman–Crippen MR) is 148 cm³/mol. The van der Waals surface area contributed by atoms with Crippen LogP contribution in [0.1, 0.15) is 40.8 Å². The molecule has 10 heteroatoms. The molecule has 4 heterocycles. The first-order valence-electron chi connectivity index (χ1n) is 13.6. The molecule has 1 saturated carbocycles. The molecule has 1 unspecified atom stereocenters. The van der Waals surface area contributed by atoms with Crippen molar-refractivity contribution in [3.8, 4) is 0 Å². The lowest BCUT2D eigenvalue weighted by Gasteiger charge is -2.36. The quantitative estimate of drug-likeness (QED) is 0.509. The van der Waals surface area contributed by atoms with Crippen LogP contribution in [0.25, 0.3) is 10.2 Å². The van der Waals surface area contributed by atoms with Crippen LogP contribution in [0.3, 0.4) is 0 Å². The molecule has 2 aromatic heterocycles. The number of thiophene rings is 1. The lowest BCUT2D eigenvalue weighted by Crippen LogP contribution is -2.52. The molecule has 1 saturated heterocycles. The fourth-order valence-electron chi connectivity index (χ4n) is 5.82. The van der Waals surface area contributed by atoms with Gasteiger partial charge in [-0.15, -0.1) is 11.3 Å². The van der Waals surface area contributed by atoms with Gasteiger partial charge in [-0.2, -0.15) is 0 Å². The van der Waals surface area contributed by atoms with E-state index in [1.807, 2.05) is 11.1 Å². The van der Waals surface area contributed by atoms with Crippen molar-refractivity contribution in [3.63, 3.8) is 0 Å². The number of benzene rings is 1. The summed E-state index contributed by atoms with van der Waals surface area (Å²) in [6, 6.07) is 6.70. The first-order valence-corrected chi connectivity index (χ1v) is 14.4. The van der Waals surface area contributed by atoms with Crippen molar-refractivity contribution in [1.29, 1.82) is 0 Å². The molecule has 4 aliphatic rings. The third-order valence-corrected chi connectivity index (χ3v) is 9.25. The molecule has 196 valence electrons. The second kappa shape index (κ2) is 9.74. The molecule has 1 aromatic carbocycles. The third kappa shape index (κ3) is 4.67. The van der Waals surface area contributed by atoms with Crippen LogP contribution in [0.4, 0.5) is 11.5 Å². The van der Waals surface area contributed by atoms with Crippen LogP contribution in [0.2, 0.25) is 0 Å². The SMILES string of the molecule is O=C(CN1CCN(C(=O)C2CCc3c(sc4ncnc(Nc5ccc6c(c5)C=NC6)c34)C2)CC1)NC1CC1. The van der Waals surface area contributed by atoms with E-state index < -0.39 is 0 Å². The number of piperazine rings is 1. The zero-order valence-electron chi connectivity index (χ0n) is 21.3. The van der Waals surface area contributed by atoms with Gasteiger partial charge in [0.25, 0.3) is 0 Å². The number of amides is 2. The van der Waals surface area contributed by atoms with E-state index >= 15 is 0 Å². The van der Waals surface area contributed by atoms with Gasteiger partial charge in [0.05, 0.1) is 18.5 Å². The van der Waals surface area contributed by atoms with Gasteiger partial charge in [-0.1, -0.05) is 6.07 Å². The maximum absolute atomic E-state index is 13.4. The summed E-state index contributed by atoms with van der Waals surface area (Å²) in [7, 11) is 0. The van der Waals surface area contributed by atoms with Crippen molar-refractivity contribution in [3.05, 3.63) is 46.1 Å². The Hall–Kier alpha value is -3.37. The number of rotatable bonds is 6. The minimum Gasteiger partial charge on any atom is -0.352 e. The highest BCUT2D eigenvalue weighted by molar-refractivity contribution is 7.19. The van der Waals surface area contributed by atoms with Crippen LogP contribution in [0.15, 0.2) is 29.5 Å². The summed E-state index contributed by atoms with van der Waals surface area (Å²) < 4.78 is 0. The second-order valence-corrected chi connectivity index (χ2v) is 11.9. The Labute approximate surface area is 225 Å². The van der Waals surface area contributed by atoms with Crippen molar-refractivity contribution < 1.29 is 9.59 Å². The highest BCUT2D eigenvalue weighted by atomic mass is 32.1. The van der Waals surface area contributed by atoms with E-state index in [4.69, 9.17) is 0 Å². The number of aryl methyl sites for hydroxylation is 1. The maximum Gasteiger partial charge on any atom is 0.234 e. The average molecular weight is 530 g/mol. The summed E-state index contributed by atoms with van der Waals surface area (Å²) in [6.07, 6.45) is 8.20. The van der Waals surface area contributed by atoms with Crippen LogP contribution < -0.4 is 10.6 Å². The lowest BCUT2D eigenvalue weighted by molar-refractivity contribution is -0.137. The van der Waals surface area contributed by atoms with Crippen molar-refractivity contribution in [2.45, 2.75) is 44.7 Å². The maximum atomic E-state index is 13.4. The Bertz CT molecular complexity index is 1440. The number of fused-ring (bicyclic) bond motifs is 4. The van der Waals surface area contributed by atoms with Crippen LogP contribution in [0, 0.1) is 5.92 Å². The largest absolute Gasteiger partial charge is 0.352 e. The van der Waals surface area contributed by atoms with E-state index in [0.717, 1.165) is 79.0 Å². The summed E-state index contributed by atoms with van der Waals surface area (Å²) >= 11 is 1.69. The molecule has 2 fully saturated rings. The van der Waals surface area contributed by atoms with Crippen molar-refractivity contribution in [2.24, 2.45) is 10.9 Å². The van der Waals surface area contributed by atoms with E-state index in [1.165, 1.54) is 16.0 Å². The van der Waals surface area contributed by atoms with Crippen molar-refractivity contribution in [1.82, 2.24) is 25.1 Å². The Morgan fingerprint density at radius 2 is 1.95 bits per heavy atom. The first kappa shape index (κ1) is 23.7. The van der Waals surface area contributed by atoms with Crippen molar-refractivity contribution in [2.75, 3.05) is 38.0 Å². The van der Waals surface area contributed by atoms with Crippen LogP contribution >= 0.6 is 11.3 Å². The molecule has 0 radical (unpaired) electrons. The number of anilines is 2. The Morgan fingerprint density at radius 1 is 1.08 bits per heavy atom. The molecular formula is C28H31N7O2S. The van der Waals surface area contributed by atoms with Crippen LogP contribution in [0.5, 0.6) is 0 Å². The second-order valence-electron chi connectivity index (χ2n) is 10.8. The number of hydrogen-bond donors (Lipinski definition) is 2. The molecule has 2 amide bonds. The van der Waals surface area contributed by atoms with Gasteiger partial charge < -0.3 is 15.5 Å². The van der Waals surface area contributed by atoms with Crippen molar-refractivity contribution >= 4 is 51.1 Å². The molecule has 1 atom stereocenters. The first-order chi connectivity index (χ1) is 18.6. The normalized spacial score (nSPS) is 20.8. The third-order valence-electron chi connectivity index (χ3n) is 8.09. The van der Waals surface area contributed by atoms with Gasteiger partial charge in [-0.05, 0) is 60.9 Å². The highest BCUT2D eigenvalue weighted by Crippen LogP contribution is 2.41. The highest BCUT2D eigenvalue weighted by Gasteiger charge is 2.33. The van der Waals surface area contributed by atoms with E-state index in [2.05, 4.69) is 48.7 Å². The van der Waals surface area contributed by atoms with E-state index in [-0.39, 0.29) is 17.7 Å². The standard InChI is InChI=1S/C28H31N7O2S/c36-24(32-20-4-5-20)15-34-7-9-35(10-8-34)28(37)17-2-6-22-23(12-17)38-27-25(22)26(30-16-31-27)33-21-3-1-18-13-29-14-19(18)11-21/h1,3,11,14,16-17,20H,2,4-10,12-13,15H2,(H,32,36)(H,30,31,33). The van der Waals surface area contributed by atoms with Gasteiger partial charge in [0.1, 0.15) is 17.0 Å². The molecule has 7 rings (SSSR count). The van der Waals surface area contributed by atoms with Gasteiger partial charge >= 0.3 is 0 Å². The number of aliphatic imine (C=N–C) groups is 1. The number of aromatic nitrogens is 2. The molecule has 2 aliphatic heterocycles. The lowest BCUT2D eigenvalue weighted by atomic mass is 9.86. The fourth-order valence-corrected chi connectivity index (χ4v) is 7.09. The molecule has 2 aliphatic carbocycles. The topological polar surface area (TPSA) is 103 Å². The van der Waals surface area contributed by atoms with E-state index in [9.17, 15) is 9.59 Å². The summed E-state index contributed by atoms with van der Waals surface area (Å²) in [4.78, 5) is 45.5. The average Bonchev–Trinajstić information content (AvgIpc) is 3.47. The monoisotopic (exact) mass is 529 g/mol. The molecule has 0 spiro atoms. The Morgan fingerprint density at radius 3 is 2.79 bits per heavy atom. The molecular weight excluding hydrogens is 498 g/mol. The fraction of sp³-hybridized carbons (Fsp3) is 0.464. The van der Waals surface area contributed by atoms with E-state index in [1.54, 1.807) is 17.7 Å². The number of carbonyl (C=O) groups is 2. The number of nitrogens with one attached hydrogen (secondary N) is 2. The minimum atomic E-state index is 0.000596. The molecule has 2 N–H and O–H groups in total. The predicted octanol–water partition coefficient (Wildman–Crippen LogP) is 2.90. The summed E-state index contributed by atoms with van der Waals surface area (Å²) in [5.74, 6) is 1.19. The van der Waals surface area contributed by atoms with Gasteiger partial charge in [-0.3, -0.25) is 19.5 Å². The Kier molecular flexibility index (Phi) is 6.08. The molecule has 38 heavy (non-hydrogen) atoms. The summed E-state index contributed by atoms with van der Waals surface area (Å²) in [6.45, 7) is 4.07. The van der Waals surface area contributed by atoms with E-state index in [0.29, 0.717) is 25.7 Å². The van der Waals surface area contributed by atoms with Gasteiger partial charge in [-0.25, -0.2) is 9.97 Å². The van der Waals surface area contributed by atoms with Gasteiger partial charge in [0, 0.05) is 54.9 Å². The molecule has 3 aromatic rings. The summed E-state index contributed by atoms with van der Waals surface area (Å²) in [5, 5.41) is 7.66. The number of nitrogens with zero attached hydrogens (tertiary/aromatic N) is 5. The zero-order valence-corrected chi connectivity index (χ0v) is 22.1. The smallest absolute Gasteiger partial charge is 0.234 e.